The topological polar surface area (TPSA) is 21.3 Å². The highest BCUT2D eigenvalue weighted by molar-refractivity contribution is 7.16. The normalized spacial score (nSPS) is 12.3. The van der Waals surface area contributed by atoms with Gasteiger partial charge in [-0.25, -0.2) is 0 Å². The minimum absolute atomic E-state index is 0.423. The maximum Gasteiger partial charge on any atom is 0.119 e. The summed E-state index contributed by atoms with van der Waals surface area (Å²) in [6, 6.07) is 12.8. The summed E-state index contributed by atoms with van der Waals surface area (Å²) in [5, 5.41) is 3.64. The quantitative estimate of drug-likeness (QED) is 0.768. The molecule has 2 aromatic rings. The van der Waals surface area contributed by atoms with Gasteiger partial charge in [-0.3, -0.25) is 0 Å². The Hall–Kier alpha value is -1.03. The monoisotopic (exact) mass is 323 g/mol. The van der Waals surface area contributed by atoms with E-state index in [4.69, 9.17) is 16.3 Å². The first kappa shape index (κ1) is 16.3. The third kappa shape index (κ3) is 5.34. The molecule has 0 saturated carbocycles. The summed E-state index contributed by atoms with van der Waals surface area (Å²) in [6.07, 6.45) is 3.14. The van der Waals surface area contributed by atoms with Crippen LogP contribution in [0.5, 0.6) is 5.75 Å². The molecule has 0 saturated heterocycles. The van der Waals surface area contributed by atoms with Gasteiger partial charge in [0.05, 0.1) is 11.4 Å². The van der Waals surface area contributed by atoms with Crippen molar-refractivity contribution < 1.29 is 4.74 Å². The molecule has 0 aliphatic rings. The van der Waals surface area contributed by atoms with E-state index < -0.39 is 0 Å². The molecule has 0 bridgehead atoms. The number of ether oxygens (including phenoxy) is 1. The minimum Gasteiger partial charge on any atom is -0.497 e. The highest BCUT2D eigenvalue weighted by Crippen LogP contribution is 2.23. The van der Waals surface area contributed by atoms with E-state index in [9.17, 15) is 0 Å². The van der Waals surface area contributed by atoms with Crippen molar-refractivity contribution in [2.45, 2.75) is 32.2 Å². The second kappa shape index (κ2) is 8.42. The number of hydrogen-bond donors (Lipinski definition) is 1. The van der Waals surface area contributed by atoms with Gasteiger partial charge in [0, 0.05) is 10.9 Å². The molecule has 2 rings (SSSR count). The molecule has 114 valence electrons. The van der Waals surface area contributed by atoms with Crippen LogP contribution < -0.4 is 10.1 Å². The Morgan fingerprint density at radius 3 is 2.76 bits per heavy atom. The largest absolute Gasteiger partial charge is 0.497 e. The third-order valence-corrected chi connectivity index (χ3v) is 4.63. The van der Waals surface area contributed by atoms with Crippen LogP contribution in [0, 0.1) is 0 Å². The lowest BCUT2D eigenvalue weighted by molar-refractivity contribution is 0.413. The van der Waals surface area contributed by atoms with E-state index >= 15 is 0 Å². The number of hydrogen-bond acceptors (Lipinski definition) is 3. The standard InChI is InChI=1S/C17H22ClNOS/c1-3-9-19-14(12-16-7-8-17(18)21-16)10-13-5-4-6-15(11-13)20-2/h4-8,11,14,19H,3,9-10,12H2,1-2H3. The number of rotatable bonds is 8. The SMILES string of the molecule is CCCNC(Cc1cccc(OC)c1)Cc1ccc(Cl)s1. The van der Waals surface area contributed by atoms with Crippen LogP contribution >= 0.6 is 22.9 Å². The Morgan fingerprint density at radius 2 is 2.10 bits per heavy atom. The van der Waals surface area contributed by atoms with Crippen LogP contribution in [-0.4, -0.2) is 19.7 Å². The van der Waals surface area contributed by atoms with Gasteiger partial charge in [-0.15, -0.1) is 11.3 Å². The Bertz CT molecular complexity index is 555. The second-order valence-electron chi connectivity index (χ2n) is 5.12. The highest BCUT2D eigenvalue weighted by atomic mass is 35.5. The number of halogens is 1. The summed E-state index contributed by atoms with van der Waals surface area (Å²) >= 11 is 7.70. The maximum atomic E-state index is 6.03. The summed E-state index contributed by atoms with van der Waals surface area (Å²) in [6.45, 7) is 3.23. The summed E-state index contributed by atoms with van der Waals surface area (Å²) in [4.78, 5) is 1.33. The van der Waals surface area contributed by atoms with Crippen LogP contribution in [0.2, 0.25) is 4.34 Å². The molecule has 4 heteroatoms. The molecule has 0 radical (unpaired) electrons. The number of benzene rings is 1. The van der Waals surface area contributed by atoms with Crippen molar-refractivity contribution in [1.29, 1.82) is 0 Å². The van der Waals surface area contributed by atoms with Gasteiger partial charge in [0.1, 0.15) is 5.75 Å². The first-order chi connectivity index (χ1) is 10.2. The molecule has 2 nitrogen and oxygen atoms in total. The lowest BCUT2D eigenvalue weighted by Gasteiger charge is -2.18. The molecule has 1 aromatic carbocycles. The molecule has 0 spiro atoms. The maximum absolute atomic E-state index is 6.03. The molecular weight excluding hydrogens is 302 g/mol. The van der Waals surface area contributed by atoms with Crippen LogP contribution in [0.3, 0.4) is 0 Å². The molecular formula is C17H22ClNOS. The van der Waals surface area contributed by atoms with Crippen molar-refractivity contribution in [3.63, 3.8) is 0 Å². The fraction of sp³-hybridized carbons (Fsp3) is 0.412. The molecule has 1 aromatic heterocycles. The molecule has 1 heterocycles. The van der Waals surface area contributed by atoms with Crippen LogP contribution in [0.4, 0.5) is 0 Å². The molecule has 0 aliphatic heterocycles. The molecule has 0 amide bonds. The third-order valence-electron chi connectivity index (χ3n) is 3.38. The number of nitrogens with one attached hydrogen (secondary N) is 1. The first-order valence-electron chi connectivity index (χ1n) is 7.31. The van der Waals surface area contributed by atoms with Crippen molar-refractivity contribution in [1.82, 2.24) is 5.32 Å². The Morgan fingerprint density at radius 1 is 1.24 bits per heavy atom. The summed E-state index contributed by atoms with van der Waals surface area (Å²) in [7, 11) is 1.71. The van der Waals surface area contributed by atoms with Crippen LogP contribution in [-0.2, 0) is 12.8 Å². The van der Waals surface area contributed by atoms with Crippen molar-refractivity contribution in [3.8, 4) is 5.75 Å². The van der Waals surface area contributed by atoms with E-state index in [-0.39, 0.29) is 0 Å². The van der Waals surface area contributed by atoms with E-state index in [1.807, 2.05) is 18.2 Å². The number of thiophene rings is 1. The molecule has 1 unspecified atom stereocenters. The van der Waals surface area contributed by atoms with Crippen molar-refractivity contribution in [2.75, 3.05) is 13.7 Å². The predicted molar refractivity (Wildman–Crippen MR) is 91.8 cm³/mol. The Kier molecular flexibility index (Phi) is 6.55. The fourth-order valence-corrected chi connectivity index (χ4v) is 3.52. The summed E-state index contributed by atoms with van der Waals surface area (Å²) in [5.74, 6) is 0.918. The fourth-order valence-electron chi connectivity index (χ4n) is 2.35. The molecule has 0 aliphatic carbocycles. The molecule has 0 fully saturated rings. The van der Waals surface area contributed by atoms with Gasteiger partial charge in [0.2, 0.25) is 0 Å². The zero-order valence-corrected chi connectivity index (χ0v) is 14.1. The lowest BCUT2D eigenvalue weighted by atomic mass is 10.0. The van der Waals surface area contributed by atoms with Crippen molar-refractivity contribution in [3.05, 3.63) is 51.2 Å². The van der Waals surface area contributed by atoms with E-state index in [1.54, 1.807) is 18.4 Å². The van der Waals surface area contributed by atoms with E-state index in [2.05, 4.69) is 30.4 Å². The summed E-state index contributed by atoms with van der Waals surface area (Å²) in [5.41, 5.74) is 1.30. The highest BCUT2D eigenvalue weighted by Gasteiger charge is 2.12. The minimum atomic E-state index is 0.423. The van der Waals surface area contributed by atoms with Gasteiger partial charge < -0.3 is 10.1 Å². The van der Waals surface area contributed by atoms with Gasteiger partial charge >= 0.3 is 0 Å². The second-order valence-corrected chi connectivity index (χ2v) is 6.92. The van der Waals surface area contributed by atoms with Crippen LogP contribution in [0.15, 0.2) is 36.4 Å². The van der Waals surface area contributed by atoms with Gasteiger partial charge in [-0.1, -0.05) is 30.7 Å². The van der Waals surface area contributed by atoms with Crippen molar-refractivity contribution >= 4 is 22.9 Å². The van der Waals surface area contributed by atoms with E-state index in [0.717, 1.165) is 35.9 Å². The van der Waals surface area contributed by atoms with Crippen LogP contribution in [0.1, 0.15) is 23.8 Å². The van der Waals surface area contributed by atoms with Gasteiger partial charge in [-0.05, 0) is 55.6 Å². The van der Waals surface area contributed by atoms with E-state index in [0.29, 0.717) is 6.04 Å². The molecule has 21 heavy (non-hydrogen) atoms. The smallest absolute Gasteiger partial charge is 0.119 e. The summed E-state index contributed by atoms with van der Waals surface area (Å²) < 4.78 is 6.17. The Balaban J connectivity index is 2.04. The first-order valence-corrected chi connectivity index (χ1v) is 8.51. The van der Waals surface area contributed by atoms with Gasteiger partial charge in [0.15, 0.2) is 0 Å². The predicted octanol–water partition coefficient (Wildman–Crippen LogP) is 4.56. The lowest BCUT2D eigenvalue weighted by Crippen LogP contribution is -2.33. The average molecular weight is 324 g/mol. The molecule has 1 atom stereocenters. The number of methoxy groups -OCH3 is 1. The van der Waals surface area contributed by atoms with Crippen LogP contribution in [0.25, 0.3) is 0 Å². The van der Waals surface area contributed by atoms with E-state index in [1.165, 1.54) is 10.4 Å². The average Bonchev–Trinajstić information content (AvgIpc) is 2.90. The zero-order chi connectivity index (χ0) is 15.1. The van der Waals surface area contributed by atoms with Crippen molar-refractivity contribution in [2.24, 2.45) is 0 Å². The Labute approximate surface area is 136 Å². The van der Waals surface area contributed by atoms with Gasteiger partial charge in [-0.2, -0.15) is 0 Å². The molecule has 1 N–H and O–H groups in total. The van der Waals surface area contributed by atoms with Gasteiger partial charge in [0.25, 0.3) is 0 Å². The zero-order valence-electron chi connectivity index (χ0n) is 12.6.